The van der Waals surface area contributed by atoms with Crippen LogP contribution in [0.15, 0.2) is 42.0 Å². The third-order valence-electron chi connectivity index (χ3n) is 7.95. The fourth-order valence-corrected chi connectivity index (χ4v) is 6.56. The molecule has 43 heavy (non-hydrogen) atoms. The molecule has 2 aliphatic heterocycles. The highest BCUT2D eigenvalue weighted by Gasteiger charge is 2.31. The third-order valence-corrected chi connectivity index (χ3v) is 9.15. The zero-order valence-corrected chi connectivity index (χ0v) is 24.3. The molecule has 1 N–H and O–H groups in total. The van der Waals surface area contributed by atoms with Gasteiger partial charge in [0.15, 0.2) is 0 Å². The Hall–Kier alpha value is -3.67. The minimum absolute atomic E-state index is 0.0572. The van der Waals surface area contributed by atoms with E-state index >= 15 is 0 Å². The van der Waals surface area contributed by atoms with Crippen molar-refractivity contribution >= 4 is 39.0 Å². The Kier molecular flexibility index (Phi) is 5.36. The molecule has 3 aliphatic rings. The Morgan fingerprint density at radius 2 is 1.88 bits per heavy atom. The first-order valence-electron chi connectivity index (χ1n) is 18.9. The number of amides is 2. The summed E-state index contributed by atoms with van der Waals surface area (Å²) in [6.45, 7) is -11.6. The van der Waals surface area contributed by atoms with Crippen LogP contribution in [-0.4, -0.2) is 81.4 Å². The van der Waals surface area contributed by atoms with Crippen LogP contribution in [0.3, 0.4) is 0 Å². The molecule has 3 aromatic rings. The predicted octanol–water partition coefficient (Wildman–Crippen LogP) is 4.16. The number of carbonyl (C=O) groups is 2. The Balaban J connectivity index is 1.68. The lowest BCUT2D eigenvalue weighted by atomic mass is 9.81. The van der Waals surface area contributed by atoms with Gasteiger partial charge in [-0.05, 0) is 66.3 Å². The number of aromatic nitrogens is 1. The summed E-state index contributed by atoms with van der Waals surface area (Å²) in [6, 6.07) is 8.98. The second-order valence-corrected chi connectivity index (χ2v) is 12.1. The van der Waals surface area contributed by atoms with Gasteiger partial charge in [0.25, 0.3) is 11.8 Å². The van der Waals surface area contributed by atoms with Gasteiger partial charge < -0.3 is 18.9 Å². The number of carbonyl (C=O) groups excluding carboxylic acids is 2. The van der Waals surface area contributed by atoms with Crippen molar-refractivity contribution < 1.29 is 41.2 Å². The Morgan fingerprint density at radius 1 is 1.07 bits per heavy atom. The molecule has 2 aromatic carbocycles. The van der Waals surface area contributed by atoms with Crippen LogP contribution in [0.5, 0.6) is 5.75 Å². The molecule has 1 saturated carbocycles. The molecule has 0 radical (unpaired) electrons. The van der Waals surface area contributed by atoms with E-state index in [0.717, 1.165) is 0 Å². The first-order valence-corrected chi connectivity index (χ1v) is 15.3. The normalized spacial score (nSPS) is 26.8. The summed E-state index contributed by atoms with van der Waals surface area (Å²) in [4.78, 5) is 28.6. The van der Waals surface area contributed by atoms with E-state index in [1.165, 1.54) is 36.0 Å². The number of ether oxygens (including phenoxy) is 2. The third kappa shape index (κ3) is 5.57. The fraction of sp³-hybridized carbons (Fsp3) is 0.438. The molecule has 0 unspecified atom stereocenters. The Morgan fingerprint density at radius 3 is 2.65 bits per heavy atom. The van der Waals surface area contributed by atoms with Crippen LogP contribution in [0, 0.1) is 0 Å². The van der Waals surface area contributed by atoms with Crippen molar-refractivity contribution in [1.29, 1.82) is 0 Å². The number of hydrogen-bond donors (Lipinski definition) is 1. The van der Waals surface area contributed by atoms with Gasteiger partial charge in [-0.15, -0.1) is 0 Å². The molecule has 0 saturated heterocycles. The maximum atomic E-state index is 14.5. The quantitative estimate of drug-likeness (QED) is 0.463. The number of hydrogen-bond acceptors (Lipinski definition) is 6. The van der Waals surface area contributed by atoms with E-state index in [1.54, 1.807) is 22.9 Å². The van der Waals surface area contributed by atoms with Crippen LogP contribution >= 0.6 is 0 Å². The van der Waals surface area contributed by atoms with Crippen molar-refractivity contribution in [3.63, 3.8) is 0 Å². The maximum absolute atomic E-state index is 14.5. The molecular formula is C32H38N4O6S. The van der Waals surface area contributed by atoms with E-state index in [9.17, 15) is 20.7 Å². The fourth-order valence-electron chi connectivity index (χ4n) is 5.78. The second kappa shape index (κ2) is 11.8. The summed E-state index contributed by atoms with van der Waals surface area (Å²) in [5.74, 6) is -2.36. The topological polar surface area (TPSA) is 110 Å². The summed E-state index contributed by atoms with van der Waals surface area (Å²) >= 11 is 0. The number of nitrogens with zero attached hydrogens (tertiary/aromatic N) is 3. The zero-order chi connectivity index (χ0) is 38.9. The molecule has 10 nitrogen and oxygen atoms in total. The van der Waals surface area contributed by atoms with E-state index in [1.807, 2.05) is 0 Å². The summed E-state index contributed by atoms with van der Waals surface area (Å²) < 4.78 is 125. The molecule has 1 fully saturated rings. The highest BCUT2D eigenvalue weighted by atomic mass is 32.2. The second-order valence-electron chi connectivity index (χ2n) is 10.6. The van der Waals surface area contributed by atoms with Crippen molar-refractivity contribution in [3.05, 3.63) is 58.7 Å². The molecule has 2 amide bonds. The van der Waals surface area contributed by atoms with E-state index in [-0.39, 0.29) is 34.1 Å². The van der Waals surface area contributed by atoms with Gasteiger partial charge in [-0.1, -0.05) is 25.3 Å². The minimum Gasteiger partial charge on any atom is -0.497 e. The average Bonchev–Trinajstić information content (AvgIpc) is 3.34. The molecule has 0 spiro atoms. The molecule has 228 valence electrons. The van der Waals surface area contributed by atoms with E-state index in [4.69, 9.17) is 20.4 Å². The zero-order valence-electron chi connectivity index (χ0n) is 33.5. The predicted molar refractivity (Wildman–Crippen MR) is 165 cm³/mol. The van der Waals surface area contributed by atoms with Crippen LogP contribution in [0.25, 0.3) is 28.2 Å². The van der Waals surface area contributed by atoms with Gasteiger partial charge in [0.1, 0.15) is 5.75 Å². The van der Waals surface area contributed by atoms with Crippen molar-refractivity contribution in [2.75, 3.05) is 47.4 Å². The number of rotatable bonds is 2. The van der Waals surface area contributed by atoms with E-state index in [2.05, 4.69) is 0 Å². The molecule has 3 heterocycles. The van der Waals surface area contributed by atoms with Crippen molar-refractivity contribution in [2.24, 2.45) is 0 Å². The molecule has 1 aliphatic carbocycles. The molecule has 1 aromatic heterocycles. The Bertz CT molecular complexity index is 2100. The van der Waals surface area contributed by atoms with Crippen LogP contribution in [0.2, 0.25) is 0 Å². The van der Waals surface area contributed by atoms with Crippen molar-refractivity contribution in [3.8, 4) is 17.0 Å². The van der Waals surface area contributed by atoms with E-state index < -0.39 is 80.7 Å². The maximum Gasteiger partial charge on any atom is 0.303 e. The minimum atomic E-state index is -5.02. The lowest BCUT2D eigenvalue weighted by Gasteiger charge is -2.24. The van der Waals surface area contributed by atoms with Gasteiger partial charge >= 0.3 is 10.2 Å². The van der Waals surface area contributed by atoms with Gasteiger partial charge in [0, 0.05) is 65.6 Å². The number of nitrogens with one attached hydrogen (secondary N) is 1. The van der Waals surface area contributed by atoms with Crippen LogP contribution < -0.4 is 9.46 Å². The first kappa shape index (κ1) is 19.6. The highest BCUT2D eigenvalue weighted by Crippen LogP contribution is 2.47. The van der Waals surface area contributed by atoms with Gasteiger partial charge in [-0.25, -0.2) is 4.72 Å². The van der Waals surface area contributed by atoms with Crippen LogP contribution in [-0.2, 0) is 26.2 Å². The van der Waals surface area contributed by atoms with Crippen molar-refractivity contribution in [2.45, 2.75) is 44.5 Å². The van der Waals surface area contributed by atoms with Crippen molar-refractivity contribution in [1.82, 2.24) is 18.5 Å². The highest BCUT2D eigenvalue weighted by molar-refractivity contribution is 7.87. The van der Waals surface area contributed by atoms with Gasteiger partial charge in [0.05, 0.1) is 35.3 Å². The SMILES string of the molecule is [2H]C1([2H])CCC(c2c3n4c5cc(ccc25)C(=O)NS(=O)(=O)N(C([2H])([2H])[2H])CCOCCN(C([2H])([2H])[2H])C(=O)C(=Cc2cc(OC)ccc2-3)C4([2H])[2H])CC1. The first-order chi connectivity index (χ1) is 24.6. The smallest absolute Gasteiger partial charge is 0.303 e. The van der Waals surface area contributed by atoms with E-state index in [0.29, 0.717) is 51.3 Å². The number of methoxy groups -OCH3 is 1. The average molecular weight is 617 g/mol. The lowest BCUT2D eigenvalue weighted by Crippen LogP contribution is -2.42. The molecule has 11 heteroatoms. The molecular weight excluding hydrogens is 568 g/mol. The summed E-state index contributed by atoms with van der Waals surface area (Å²) in [5, 5.41) is 0.439. The number of likely N-dealkylation sites (N-methyl/N-ethyl adjacent to an activating group) is 2. The Labute approximate surface area is 266 Å². The molecule has 0 atom stereocenters. The van der Waals surface area contributed by atoms with Gasteiger partial charge in [0.2, 0.25) is 0 Å². The lowest BCUT2D eigenvalue weighted by molar-refractivity contribution is -0.126. The summed E-state index contributed by atoms with van der Waals surface area (Å²) in [6.07, 6.45) is 1.03. The van der Waals surface area contributed by atoms with Crippen LogP contribution in [0.4, 0.5) is 0 Å². The monoisotopic (exact) mass is 616 g/mol. The van der Waals surface area contributed by atoms with Crippen LogP contribution in [0.1, 0.15) is 73.2 Å². The van der Waals surface area contributed by atoms with Gasteiger partial charge in [-0.3, -0.25) is 9.59 Å². The standard InChI is InChI=1S/C32H38N4O6S/c1-34-13-15-42-16-14-35(2)43(39,40)33-31(37)22-9-11-27-28(19-22)36-20-24(32(34)38)17-23-18-25(41-3)10-12-26(23)30(36)29(27)21-7-5-4-6-8-21/h9-12,17-19,21H,4-8,13-16,20H2,1-3H3,(H,33,37)/i1D3,2D3,4D2,20D2. The van der Waals surface area contributed by atoms with Gasteiger partial charge in [-0.2, -0.15) is 12.7 Å². The number of benzene rings is 2. The largest absolute Gasteiger partial charge is 0.497 e. The summed E-state index contributed by atoms with van der Waals surface area (Å²) in [5.41, 5.74) is 0.885. The summed E-state index contributed by atoms with van der Waals surface area (Å²) in [7, 11) is -3.59. The molecule has 6 rings (SSSR count). The number of fused-ring (bicyclic) bond motifs is 4. The molecule has 4 bridgehead atoms.